The van der Waals surface area contributed by atoms with Gasteiger partial charge in [0.25, 0.3) is 11.6 Å². The van der Waals surface area contributed by atoms with Crippen LogP contribution in [-0.4, -0.2) is 32.2 Å². The molecule has 0 spiro atoms. The molecule has 10 heteroatoms. The van der Waals surface area contributed by atoms with E-state index in [0.717, 1.165) is 0 Å². The van der Waals surface area contributed by atoms with Gasteiger partial charge in [0.05, 0.1) is 11.5 Å². The van der Waals surface area contributed by atoms with Gasteiger partial charge in [-0.05, 0) is 25.1 Å². The number of fused-ring (bicyclic) bond motifs is 1. The third-order valence-corrected chi connectivity index (χ3v) is 3.08. The third kappa shape index (κ3) is 3.63. The molecule has 0 atom stereocenters. The minimum absolute atomic E-state index is 0.0350. The van der Waals surface area contributed by atoms with E-state index in [0.29, 0.717) is 17.3 Å². The van der Waals surface area contributed by atoms with Crippen LogP contribution in [0.25, 0.3) is 5.65 Å². The van der Waals surface area contributed by atoms with Crippen molar-refractivity contribution in [2.45, 2.75) is 6.92 Å². The molecule has 0 radical (unpaired) electrons. The van der Waals surface area contributed by atoms with Gasteiger partial charge in [-0.25, -0.2) is 4.79 Å². The summed E-state index contributed by atoms with van der Waals surface area (Å²) in [7, 11) is 0. The van der Waals surface area contributed by atoms with Gasteiger partial charge in [-0.1, -0.05) is 6.07 Å². The lowest BCUT2D eigenvalue weighted by Crippen LogP contribution is -2.14. The van der Waals surface area contributed by atoms with Crippen molar-refractivity contribution in [2.24, 2.45) is 0 Å². The van der Waals surface area contributed by atoms with Crippen molar-refractivity contribution in [2.75, 3.05) is 11.9 Å². The summed E-state index contributed by atoms with van der Waals surface area (Å²) in [6, 6.07) is 10.7. The highest BCUT2D eigenvalue weighted by molar-refractivity contribution is 5.82. The van der Waals surface area contributed by atoms with Gasteiger partial charge in [0.15, 0.2) is 5.65 Å². The standard InChI is InChI=1S/C15H13N5O5/c1-2-24-15(21)17-14-16-12-4-3-5-13(19(12)18-14)25-11-8-6-10(7-9-11)20(22)23/h3-9H,2H2,1H3,(H,17,18,21). The molecule has 128 valence electrons. The second-order valence-electron chi connectivity index (χ2n) is 4.77. The van der Waals surface area contributed by atoms with E-state index in [9.17, 15) is 14.9 Å². The first-order valence-electron chi connectivity index (χ1n) is 7.28. The lowest BCUT2D eigenvalue weighted by atomic mass is 10.3. The number of nitrogens with one attached hydrogen (secondary N) is 1. The van der Waals surface area contributed by atoms with Crippen molar-refractivity contribution in [1.82, 2.24) is 14.6 Å². The van der Waals surface area contributed by atoms with Crippen LogP contribution < -0.4 is 10.1 Å². The van der Waals surface area contributed by atoms with E-state index >= 15 is 0 Å². The molecule has 2 aromatic heterocycles. The van der Waals surface area contributed by atoms with Crippen LogP contribution in [0.15, 0.2) is 42.5 Å². The molecule has 0 aliphatic heterocycles. The molecule has 1 amide bonds. The zero-order valence-electron chi connectivity index (χ0n) is 13.1. The molecule has 0 unspecified atom stereocenters. The Morgan fingerprint density at radius 1 is 1.28 bits per heavy atom. The number of nitro benzene ring substituents is 1. The number of amides is 1. The Morgan fingerprint density at radius 2 is 2.04 bits per heavy atom. The maximum atomic E-state index is 11.4. The van der Waals surface area contributed by atoms with Crippen molar-refractivity contribution in [1.29, 1.82) is 0 Å². The number of anilines is 1. The van der Waals surface area contributed by atoms with Crippen LogP contribution >= 0.6 is 0 Å². The molecule has 0 fully saturated rings. The van der Waals surface area contributed by atoms with E-state index in [4.69, 9.17) is 9.47 Å². The molecular formula is C15H13N5O5. The average Bonchev–Trinajstić information content (AvgIpc) is 2.99. The van der Waals surface area contributed by atoms with Gasteiger partial charge in [0.2, 0.25) is 5.88 Å². The fourth-order valence-electron chi connectivity index (χ4n) is 2.03. The van der Waals surface area contributed by atoms with Crippen LogP contribution in [0.1, 0.15) is 6.92 Å². The highest BCUT2D eigenvalue weighted by Gasteiger charge is 2.12. The number of nitro groups is 1. The lowest BCUT2D eigenvalue weighted by Gasteiger charge is -2.06. The molecule has 1 N–H and O–H groups in total. The molecule has 0 bridgehead atoms. The van der Waals surface area contributed by atoms with Gasteiger partial charge in [-0.2, -0.15) is 9.50 Å². The van der Waals surface area contributed by atoms with E-state index in [-0.39, 0.29) is 18.2 Å². The first-order chi connectivity index (χ1) is 12.1. The minimum Gasteiger partial charge on any atom is -0.450 e. The fourth-order valence-corrected chi connectivity index (χ4v) is 2.03. The van der Waals surface area contributed by atoms with Crippen molar-refractivity contribution in [3.05, 3.63) is 52.6 Å². The number of nitrogens with zero attached hydrogens (tertiary/aromatic N) is 4. The smallest absolute Gasteiger partial charge is 0.414 e. The zero-order valence-corrected chi connectivity index (χ0v) is 13.1. The second-order valence-corrected chi connectivity index (χ2v) is 4.77. The van der Waals surface area contributed by atoms with E-state index in [1.54, 1.807) is 25.1 Å². The van der Waals surface area contributed by atoms with Crippen LogP contribution in [0.2, 0.25) is 0 Å². The van der Waals surface area contributed by atoms with E-state index in [2.05, 4.69) is 15.4 Å². The molecule has 10 nitrogen and oxygen atoms in total. The number of hydrogen-bond donors (Lipinski definition) is 1. The number of pyridine rings is 1. The first kappa shape index (κ1) is 16.2. The van der Waals surface area contributed by atoms with Crippen LogP contribution in [0.4, 0.5) is 16.4 Å². The summed E-state index contributed by atoms with van der Waals surface area (Å²) >= 11 is 0. The van der Waals surface area contributed by atoms with Crippen molar-refractivity contribution in [3.63, 3.8) is 0 Å². The van der Waals surface area contributed by atoms with Crippen LogP contribution in [0.5, 0.6) is 11.6 Å². The van der Waals surface area contributed by atoms with Crippen molar-refractivity contribution >= 4 is 23.4 Å². The minimum atomic E-state index is -0.656. The maximum absolute atomic E-state index is 11.4. The number of ether oxygens (including phenoxy) is 2. The molecule has 3 aromatic rings. The summed E-state index contributed by atoms with van der Waals surface area (Å²) in [6.07, 6.45) is -0.656. The Bertz CT molecular complexity index is 922. The SMILES string of the molecule is CCOC(=O)Nc1nc2cccc(Oc3ccc([N+](=O)[O-])cc3)n2n1. The first-order valence-corrected chi connectivity index (χ1v) is 7.28. The van der Waals surface area contributed by atoms with E-state index < -0.39 is 11.0 Å². The maximum Gasteiger partial charge on any atom is 0.414 e. The zero-order chi connectivity index (χ0) is 17.8. The van der Waals surface area contributed by atoms with Gasteiger partial charge in [0, 0.05) is 18.2 Å². The van der Waals surface area contributed by atoms with Crippen molar-refractivity contribution in [3.8, 4) is 11.6 Å². The summed E-state index contributed by atoms with van der Waals surface area (Å²) in [5, 5.41) is 17.2. The Hall–Kier alpha value is -3.69. The van der Waals surface area contributed by atoms with Gasteiger partial charge in [-0.3, -0.25) is 15.4 Å². The normalized spacial score (nSPS) is 10.4. The predicted molar refractivity (Wildman–Crippen MR) is 86.8 cm³/mol. The number of rotatable bonds is 5. The molecular weight excluding hydrogens is 330 g/mol. The third-order valence-electron chi connectivity index (χ3n) is 3.08. The molecule has 0 saturated carbocycles. The highest BCUT2D eigenvalue weighted by Crippen LogP contribution is 2.24. The van der Waals surface area contributed by atoms with Gasteiger partial charge >= 0.3 is 6.09 Å². The summed E-state index contributed by atoms with van der Waals surface area (Å²) < 4.78 is 11.9. The Kier molecular flexibility index (Phi) is 4.42. The predicted octanol–water partition coefficient (Wildman–Crippen LogP) is 3.00. The number of non-ortho nitro benzene ring substituents is 1. The number of carbonyl (C=O) groups excluding carboxylic acids is 1. The number of aromatic nitrogens is 3. The highest BCUT2D eigenvalue weighted by atomic mass is 16.6. The average molecular weight is 343 g/mol. The summed E-state index contributed by atoms with van der Waals surface area (Å²) in [4.78, 5) is 25.8. The van der Waals surface area contributed by atoms with Crippen LogP contribution in [-0.2, 0) is 4.74 Å². The molecule has 0 aliphatic carbocycles. The molecule has 25 heavy (non-hydrogen) atoms. The summed E-state index contributed by atoms with van der Waals surface area (Å²) in [5.74, 6) is 0.794. The second kappa shape index (κ2) is 6.83. The number of hydrogen-bond acceptors (Lipinski definition) is 7. The molecule has 2 heterocycles. The largest absolute Gasteiger partial charge is 0.450 e. The van der Waals surface area contributed by atoms with Gasteiger partial charge in [0.1, 0.15) is 5.75 Å². The van der Waals surface area contributed by atoms with Gasteiger partial charge in [-0.15, -0.1) is 5.10 Å². The van der Waals surface area contributed by atoms with E-state index in [1.807, 2.05) is 0 Å². The van der Waals surface area contributed by atoms with Gasteiger partial charge < -0.3 is 9.47 Å². The molecule has 0 aliphatic rings. The lowest BCUT2D eigenvalue weighted by molar-refractivity contribution is -0.384. The van der Waals surface area contributed by atoms with Crippen LogP contribution in [0, 0.1) is 10.1 Å². The molecule has 3 rings (SSSR count). The quantitative estimate of drug-likeness (QED) is 0.558. The topological polar surface area (TPSA) is 121 Å². The Labute approximate surface area is 141 Å². The molecule has 0 saturated heterocycles. The monoisotopic (exact) mass is 343 g/mol. The fraction of sp³-hybridized carbons (Fsp3) is 0.133. The number of benzene rings is 1. The molecule has 1 aromatic carbocycles. The van der Waals surface area contributed by atoms with Crippen molar-refractivity contribution < 1.29 is 19.2 Å². The van der Waals surface area contributed by atoms with E-state index in [1.165, 1.54) is 28.8 Å². The summed E-state index contributed by atoms with van der Waals surface area (Å²) in [5.41, 5.74) is 0.415. The Morgan fingerprint density at radius 3 is 2.72 bits per heavy atom. The summed E-state index contributed by atoms with van der Waals surface area (Å²) in [6.45, 7) is 1.92. The number of carbonyl (C=O) groups is 1. The van der Waals surface area contributed by atoms with Crippen LogP contribution in [0.3, 0.4) is 0 Å². The Balaban J connectivity index is 1.85.